The van der Waals surface area contributed by atoms with Gasteiger partial charge in [0.2, 0.25) is 5.91 Å². The normalized spacial score (nSPS) is 9.88. The monoisotopic (exact) mass is 216 g/mol. The van der Waals surface area contributed by atoms with Crippen molar-refractivity contribution in [1.82, 2.24) is 0 Å². The largest absolute Gasteiger partial charge is 0.299 e. The Balaban J connectivity index is 2.84. The van der Waals surface area contributed by atoms with E-state index in [1.807, 2.05) is 50.2 Å². The molecule has 0 N–H and O–H groups in total. The number of hydrogen-bond donors (Lipinski definition) is 0. The van der Waals surface area contributed by atoms with Gasteiger partial charge in [0.1, 0.15) is 6.54 Å². The number of para-hydroxylation sites is 1. The molecule has 1 rings (SSSR count). The van der Waals surface area contributed by atoms with Crippen LogP contribution in [-0.2, 0) is 4.79 Å². The molecule has 0 bridgehead atoms. The van der Waals surface area contributed by atoms with Gasteiger partial charge in [0.25, 0.3) is 0 Å². The number of rotatable bonds is 4. The Kier molecular flexibility index (Phi) is 4.53. The summed E-state index contributed by atoms with van der Waals surface area (Å²) >= 11 is 0. The van der Waals surface area contributed by atoms with Gasteiger partial charge in [-0.3, -0.25) is 9.69 Å². The average Bonchev–Trinajstić information content (AvgIpc) is 2.26. The quantitative estimate of drug-likeness (QED) is 0.726. The van der Waals surface area contributed by atoms with E-state index in [1.165, 1.54) is 4.90 Å². The summed E-state index contributed by atoms with van der Waals surface area (Å²) in [6.07, 6.45) is 0.469. The third-order valence-corrected chi connectivity index (χ3v) is 2.18. The van der Waals surface area contributed by atoms with E-state index >= 15 is 0 Å². The molecule has 1 aromatic carbocycles. The minimum absolute atomic E-state index is 0.00255. The first-order valence-corrected chi connectivity index (χ1v) is 5.37. The standard InChI is InChI=1S/C13H16N2O/c1-11(2)10-13(16)15(9-8-14)12-6-4-3-5-7-12/h3-7,11H,9-10H2,1-2H3. The van der Waals surface area contributed by atoms with Gasteiger partial charge in [-0.05, 0) is 18.1 Å². The number of amides is 1. The Morgan fingerprint density at radius 3 is 2.50 bits per heavy atom. The molecule has 0 fully saturated rings. The third-order valence-electron chi connectivity index (χ3n) is 2.18. The molecule has 1 aromatic rings. The molecule has 1 amide bonds. The SMILES string of the molecule is CC(C)CC(=O)N(CC#N)c1ccccc1. The number of carbonyl (C=O) groups excluding carboxylic acids is 1. The predicted octanol–water partition coefficient (Wildman–Crippen LogP) is 2.59. The molecule has 0 aliphatic rings. The van der Waals surface area contributed by atoms with Gasteiger partial charge in [0.15, 0.2) is 0 Å². The summed E-state index contributed by atoms with van der Waals surface area (Å²) in [7, 11) is 0. The lowest BCUT2D eigenvalue weighted by Gasteiger charge is -2.20. The van der Waals surface area contributed by atoms with E-state index in [4.69, 9.17) is 5.26 Å². The van der Waals surface area contributed by atoms with E-state index in [-0.39, 0.29) is 12.5 Å². The van der Waals surface area contributed by atoms with Gasteiger partial charge in [0, 0.05) is 12.1 Å². The summed E-state index contributed by atoms with van der Waals surface area (Å²) in [5.41, 5.74) is 0.787. The molecule has 0 saturated heterocycles. The Labute approximate surface area is 96.3 Å². The number of benzene rings is 1. The molecular weight excluding hydrogens is 200 g/mol. The van der Waals surface area contributed by atoms with Crippen LogP contribution in [0.2, 0.25) is 0 Å². The number of nitriles is 1. The highest BCUT2D eigenvalue weighted by Crippen LogP contribution is 2.15. The van der Waals surface area contributed by atoms with Gasteiger partial charge in [-0.1, -0.05) is 32.0 Å². The van der Waals surface area contributed by atoms with Gasteiger partial charge in [-0.15, -0.1) is 0 Å². The van der Waals surface area contributed by atoms with E-state index in [1.54, 1.807) is 0 Å². The van der Waals surface area contributed by atoms with Crippen molar-refractivity contribution in [1.29, 1.82) is 5.26 Å². The lowest BCUT2D eigenvalue weighted by atomic mass is 10.1. The highest BCUT2D eigenvalue weighted by molar-refractivity contribution is 5.93. The zero-order chi connectivity index (χ0) is 12.0. The molecule has 0 spiro atoms. The molecule has 0 unspecified atom stereocenters. The zero-order valence-corrected chi connectivity index (χ0v) is 9.68. The van der Waals surface area contributed by atoms with Gasteiger partial charge in [-0.2, -0.15) is 5.26 Å². The molecule has 3 heteroatoms. The van der Waals surface area contributed by atoms with Gasteiger partial charge in [0.05, 0.1) is 6.07 Å². The van der Waals surface area contributed by atoms with Crippen LogP contribution in [0.25, 0.3) is 0 Å². The van der Waals surface area contributed by atoms with Gasteiger partial charge in [-0.25, -0.2) is 0 Å². The van der Waals surface area contributed by atoms with Crippen LogP contribution in [0.3, 0.4) is 0 Å². The van der Waals surface area contributed by atoms with E-state index < -0.39 is 0 Å². The summed E-state index contributed by atoms with van der Waals surface area (Å²) in [5, 5.41) is 8.74. The van der Waals surface area contributed by atoms with Gasteiger partial charge < -0.3 is 0 Å². The van der Waals surface area contributed by atoms with Gasteiger partial charge >= 0.3 is 0 Å². The Morgan fingerprint density at radius 1 is 1.38 bits per heavy atom. The van der Waals surface area contributed by atoms with Crippen molar-refractivity contribution in [3.63, 3.8) is 0 Å². The van der Waals surface area contributed by atoms with Crippen molar-refractivity contribution in [3.8, 4) is 6.07 Å². The van der Waals surface area contributed by atoms with Crippen LogP contribution < -0.4 is 4.90 Å². The number of hydrogen-bond acceptors (Lipinski definition) is 2. The molecule has 84 valence electrons. The first-order valence-electron chi connectivity index (χ1n) is 5.37. The van der Waals surface area contributed by atoms with Crippen LogP contribution in [0.5, 0.6) is 0 Å². The average molecular weight is 216 g/mol. The number of carbonyl (C=O) groups is 1. The van der Waals surface area contributed by atoms with Crippen molar-refractivity contribution in [3.05, 3.63) is 30.3 Å². The highest BCUT2D eigenvalue weighted by atomic mass is 16.2. The first kappa shape index (κ1) is 12.3. The fraction of sp³-hybridized carbons (Fsp3) is 0.385. The summed E-state index contributed by atoms with van der Waals surface area (Å²) in [6.45, 7) is 4.09. The van der Waals surface area contributed by atoms with Crippen LogP contribution in [0.1, 0.15) is 20.3 Å². The zero-order valence-electron chi connectivity index (χ0n) is 9.68. The maximum atomic E-state index is 11.9. The molecule has 0 aliphatic heterocycles. The van der Waals surface area contributed by atoms with Crippen molar-refractivity contribution in [2.75, 3.05) is 11.4 Å². The lowest BCUT2D eigenvalue weighted by Crippen LogP contribution is -2.31. The van der Waals surface area contributed by atoms with E-state index in [0.29, 0.717) is 12.3 Å². The van der Waals surface area contributed by atoms with Crippen LogP contribution in [0.4, 0.5) is 5.69 Å². The Hall–Kier alpha value is -1.82. The summed E-state index contributed by atoms with van der Waals surface area (Å²) in [4.78, 5) is 13.4. The van der Waals surface area contributed by atoms with Crippen molar-refractivity contribution in [2.24, 2.45) is 5.92 Å². The molecule has 0 saturated carbocycles. The minimum Gasteiger partial charge on any atom is -0.299 e. The Morgan fingerprint density at radius 2 is 2.00 bits per heavy atom. The fourth-order valence-electron chi connectivity index (χ4n) is 1.46. The molecule has 16 heavy (non-hydrogen) atoms. The molecule has 0 aliphatic carbocycles. The summed E-state index contributed by atoms with van der Waals surface area (Å²) in [6, 6.07) is 11.3. The first-order chi connectivity index (χ1) is 7.65. The maximum absolute atomic E-state index is 11.9. The second-order valence-corrected chi connectivity index (χ2v) is 4.07. The fourth-order valence-corrected chi connectivity index (χ4v) is 1.46. The highest BCUT2D eigenvalue weighted by Gasteiger charge is 2.15. The second-order valence-electron chi connectivity index (χ2n) is 4.07. The van der Waals surface area contributed by atoms with E-state index in [2.05, 4.69) is 0 Å². The minimum atomic E-state index is 0.00255. The Bertz CT molecular complexity index is 379. The summed E-state index contributed by atoms with van der Waals surface area (Å²) in [5.74, 6) is 0.306. The van der Waals surface area contributed by atoms with E-state index in [9.17, 15) is 4.79 Å². The second kappa shape index (κ2) is 5.92. The van der Waals surface area contributed by atoms with Crippen LogP contribution in [-0.4, -0.2) is 12.5 Å². The smallest absolute Gasteiger partial charge is 0.228 e. The van der Waals surface area contributed by atoms with Crippen LogP contribution >= 0.6 is 0 Å². The van der Waals surface area contributed by atoms with E-state index in [0.717, 1.165) is 5.69 Å². The van der Waals surface area contributed by atoms with Crippen molar-refractivity contribution < 1.29 is 4.79 Å². The molecule has 0 heterocycles. The van der Waals surface area contributed by atoms with Crippen molar-refractivity contribution >= 4 is 11.6 Å². The van der Waals surface area contributed by atoms with Crippen LogP contribution in [0, 0.1) is 17.2 Å². The molecule has 3 nitrogen and oxygen atoms in total. The topological polar surface area (TPSA) is 44.1 Å². The molecular formula is C13H16N2O. The molecule has 0 aromatic heterocycles. The number of anilines is 1. The predicted molar refractivity (Wildman–Crippen MR) is 63.9 cm³/mol. The number of nitrogens with zero attached hydrogens (tertiary/aromatic N) is 2. The summed E-state index contributed by atoms with van der Waals surface area (Å²) < 4.78 is 0. The molecule has 0 radical (unpaired) electrons. The molecule has 0 atom stereocenters. The van der Waals surface area contributed by atoms with Crippen molar-refractivity contribution in [2.45, 2.75) is 20.3 Å². The lowest BCUT2D eigenvalue weighted by molar-refractivity contribution is -0.119. The van der Waals surface area contributed by atoms with Crippen LogP contribution in [0.15, 0.2) is 30.3 Å². The third kappa shape index (κ3) is 3.39. The maximum Gasteiger partial charge on any atom is 0.228 e.